The SMILES string of the molecule is CN1CCCC2C(c3ccc(N)cc3)c3ccc(O)cc3C21. The van der Waals surface area contributed by atoms with Crippen LogP contribution in [0.4, 0.5) is 5.69 Å². The average Bonchev–Trinajstić information content (AvgIpc) is 2.83. The second kappa shape index (κ2) is 5.03. The number of anilines is 1. The molecule has 0 bridgehead atoms. The van der Waals surface area contributed by atoms with Gasteiger partial charge in [0.2, 0.25) is 0 Å². The topological polar surface area (TPSA) is 49.5 Å². The standard InChI is InChI=1S/C19H22N2O/c1-21-10-2-3-16-18(12-4-6-13(20)7-5-12)15-9-8-14(22)11-17(15)19(16)21/h4-9,11,16,18-19,22H,2-3,10,20H2,1H3. The molecule has 0 radical (unpaired) electrons. The minimum absolute atomic E-state index is 0.370. The van der Waals surface area contributed by atoms with Gasteiger partial charge >= 0.3 is 0 Å². The lowest BCUT2D eigenvalue weighted by Crippen LogP contribution is -2.34. The summed E-state index contributed by atoms with van der Waals surface area (Å²) in [6.07, 6.45) is 2.47. The van der Waals surface area contributed by atoms with Crippen molar-refractivity contribution in [3.8, 4) is 5.75 Å². The van der Waals surface area contributed by atoms with Gasteiger partial charge in [0.05, 0.1) is 0 Å². The van der Waals surface area contributed by atoms with Crippen molar-refractivity contribution >= 4 is 5.69 Å². The molecule has 0 spiro atoms. The number of hydrogen-bond donors (Lipinski definition) is 2. The molecule has 0 saturated carbocycles. The van der Waals surface area contributed by atoms with Gasteiger partial charge in [-0.05, 0) is 73.3 Å². The molecule has 2 aromatic carbocycles. The summed E-state index contributed by atoms with van der Waals surface area (Å²) in [5.41, 5.74) is 10.7. The Morgan fingerprint density at radius 1 is 1.09 bits per heavy atom. The van der Waals surface area contributed by atoms with Gasteiger partial charge in [0.15, 0.2) is 0 Å². The molecule has 1 saturated heterocycles. The summed E-state index contributed by atoms with van der Waals surface area (Å²) < 4.78 is 0. The lowest BCUT2D eigenvalue weighted by Gasteiger charge is -2.37. The van der Waals surface area contributed by atoms with Crippen LogP contribution in [0.1, 0.15) is 41.5 Å². The van der Waals surface area contributed by atoms with Crippen molar-refractivity contribution in [2.75, 3.05) is 19.3 Å². The largest absolute Gasteiger partial charge is 0.508 e. The predicted octanol–water partition coefficient (Wildman–Crippen LogP) is 3.50. The third-order valence-electron chi connectivity index (χ3n) is 5.38. The van der Waals surface area contributed by atoms with Crippen molar-refractivity contribution in [2.24, 2.45) is 5.92 Å². The Kier molecular flexibility index (Phi) is 3.12. The number of phenolic OH excluding ortho intramolecular Hbond substituents is 1. The minimum atomic E-state index is 0.370. The molecule has 3 atom stereocenters. The lowest BCUT2D eigenvalue weighted by molar-refractivity contribution is 0.126. The second-order valence-electron chi connectivity index (χ2n) is 6.69. The highest BCUT2D eigenvalue weighted by Gasteiger charge is 2.44. The fraction of sp³-hybridized carbons (Fsp3) is 0.368. The number of benzene rings is 2. The van der Waals surface area contributed by atoms with Crippen molar-refractivity contribution in [2.45, 2.75) is 24.8 Å². The van der Waals surface area contributed by atoms with Crippen LogP contribution in [0.3, 0.4) is 0 Å². The number of aromatic hydroxyl groups is 1. The highest BCUT2D eigenvalue weighted by molar-refractivity contribution is 5.51. The van der Waals surface area contributed by atoms with E-state index in [0.29, 0.717) is 23.6 Å². The number of likely N-dealkylation sites (tertiary alicyclic amines) is 1. The summed E-state index contributed by atoms with van der Waals surface area (Å²) in [6.45, 7) is 1.13. The first-order valence-corrected chi connectivity index (χ1v) is 8.03. The Morgan fingerprint density at radius 2 is 1.86 bits per heavy atom. The molecule has 1 aliphatic carbocycles. The van der Waals surface area contributed by atoms with Gasteiger partial charge in [0.1, 0.15) is 5.75 Å². The smallest absolute Gasteiger partial charge is 0.115 e. The zero-order chi connectivity index (χ0) is 15.3. The van der Waals surface area contributed by atoms with Crippen LogP contribution in [0.5, 0.6) is 5.75 Å². The van der Waals surface area contributed by atoms with E-state index in [1.807, 2.05) is 24.3 Å². The number of hydrogen-bond acceptors (Lipinski definition) is 3. The molecule has 0 aromatic heterocycles. The van der Waals surface area contributed by atoms with Crippen LogP contribution in [-0.4, -0.2) is 23.6 Å². The van der Waals surface area contributed by atoms with Gasteiger partial charge in [-0.3, -0.25) is 4.90 Å². The molecule has 3 nitrogen and oxygen atoms in total. The monoisotopic (exact) mass is 294 g/mol. The molecule has 0 amide bonds. The molecule has 4 rings (SSSR count). The molecule has 3 N–H and O–H groups in total. The summed E-state index contributed by atoms with van der Waals surface area (Å²) in [7, 11) is 2.20. The van der Waals surface area contributed by atoms with Gasteiger partial charge in [0.25, 0.3) is 0 Å². The summed E-state index contributed by atoms with van der Waals surface area (Å²) in [4.78, 5) is 2.45. The van der Waals surface area contributed by atoms with Crippen LogP contribution >= 0.6 is 0 Å². The third kappa shape index (κ3) is 2.00. The fourth-order valence-corrected chi connectivity index (χ4v) is 4.48. The number of fused-ring (bicyclic) bond motifs is 3. The van der Waals surface area contributed by atoms with E-state index in [2.05, 4.69) is 30.1 Å². The van der Waals surface area contributed by atoms with Gasteiger partial charge in [-0.15, -0.1) is 0 Å². The van der Waals surface area contributed by atoms with Gasteiger partial charge < -0.3 is 10.8 Å². The molecular weight excluding hydrogens is 272 g/mol. The Hall–Kier alpha value is -2.00. The van der Waals surface area contributed by atoms with Crippen LogP contribution in [0.25, 0.3) is 0 Å². The Morgan fingerprint density at radius 3 is 2.64 bits per heavy atom. The molecule has 1 fully saturated rings. The van der Waals surface area contributed by atoms with E-state index in [9.17, 15) is 5.11 Å². The number of rotatable bonds is 1. The first kappa shape index (κ1) is 13.6. The van der Waals surface area contributed by atoms with Gasteiger partial charge in [-0.25, -0.2) is 0 Å². The van der Waals surface area contributed by atoms with Gasteiger partial charge in [-0.2, -0.15) is 0 Å². The molecule has 3 heteroatoms. The van der Waals surface area contributed by atoms with E-state index in [-0.39, 0.29) is 0 Å². The summed E-state index contributed by atoms with van der Waals surface area (Å²) in [6, 6.07) is 14.6. The Balaban J connectivity index is 1.86. The van der Waals surface area contributed by atoms with Crippen molar-refractivity contribution in [1.82, 2.24) is 4.90 Å². The fourth-order valence-electron chi connectivity index (χ4n) is 4.48. The molecular formula is C19H22N2O. The van der Waals surface area contributed by atoms with Crippen LogP contribution in [0, 0.1) is 5.92 Å². The first-order chi connectivity index (χ1) is 10.6. The highest BCUT2D eigenvalue weighted by atomic mass is 16.3. The molecule has 2 aliphatic rings. The van der Waals surface area contributed by atoms with Crippen LogP contribution in [-0.2, 0) is 0 Å². The van der Waals surface area contributed by atoms with E-state index in [0.717, 1.165) is 12.2 Å². The quantitative estimate of drug-likeness (QED) is 0.791. The van der Waals surface area contributed by atoms with E-state index in [4.69, 9.17) is 5.73 Å². The number of nitrogen functional groups attached to an aromatic ring is 1. The number of nitrogens with zero attached hydrogens (tertiary/aromatic N) is 1. The molecule has 114 valence electrons. The normalized spacial score (nSPS) is 27.4. The van der Waals surface area contributed by atoms with Gasteiger partial charge in [-0.1, -0.05) is 18.2 Å². The van der Waals surface area contributed by atoms with Crippen LogP contribution in [0.2, 0.25) is 0 Å². The molecule has 1 heterocycles. The zero-order valence-corrected chi connectivity index (χ0v) is 12.9. The van der Waals surface area contributed by atoms with Gasteiger partial charge in [0, 0.05) is 17.6 Å². The highest BCUT2D eigenvalue weighted by Crippen LogP contribution is 2.54. The number of piperidine rings is 1. The van der Waals surface area contributed by atoms with Crippen molar-refractivity contribution in [1.29, 1.82) is 0 Å². The summed E-state index contributed by atoms with van der Waals surface area (Å²) in [5.74, 6) is 1.36. The summed E-state index contributed by atoms with van der Waals surface area (Å²) >= 11 is 0. The number of phenols is 1. The summed E-state index contributed by atoms with van der Waals surface area (Å²) in [5, 5.41) is 9.93. The Labute approximate surface area is 131 Å². The average molecular weight is 294 g/mol. The maximum atomic E-state index is 9.93. The molecule has 22 heavy (non-hydrogen) atoms. The molecule has 2 aromatic rings. The molecule has 1 aliphatic heterocycles. The maximum Gasteiger partial charge on any atom is 0.115 e. The maximum absolute atomic E-state index is 9.93. The zero-order valence-electron chi connectivity index (χ0n) is 12.9. The van der Waals surface area contributed by atoms with E-state index in [1.165, 1.54) is 29.5 Å². The van der Waals surface area contributed by atoms with E-state index in [1.54, 1.807) is 0 Å². The Bertz CT molecular complexity index is 695. The van der Waals surface area contributed by atoms with Crippen LogP contribution < -0.4 is 5.73 Å². The van der Waals surface area contributed by atoms with Crippen molar-refractivity contribution < 1.29 is 5.11 Å². The lowest BCUT2D eigenvalue weighted by atomic mass is 9.80. The van der Waals surface area contributed by atoms with Crippen LogP contribution in [0.15, 0.2) is 42.5 Å². The third-order valence-corrected chi connectivity index (χ3v) is 5.38. The minimum Gasteiger partial charge on any atom is -0.508 e. The van der Waals surface area contributed by atoms with Crippen molar-refractivity contribution in [3.05, 3.63) is 59.2 Å². The molecule has 3 unspecified atom stereocenters. The van der Waals surface area contributed by atoms with Crippen molar-refractivity contribution in [3.63, 3.8) is 0 Å². The number of nitrogens with two attached hydrogens (primary N) is 1. The van der Waals surface area contributed by atoms with E-state index < -0.39 is 0 Å². The predicted molar refractivity (Wildman–Crippen MR) is 88.9 cm³/mol. The first-order valence-electron chi connectivity index (χ1n) is 8.03. The van der Waals surface area contributed by atoms with E-state index >= 15 is 0 Å². The second-order valence-corrected chi connectivity index (χ2v) is 6.69.